The number of rotatable bonds is 6. The van der Waals surface area contributed by atoms with E-state index in [9.17, 15) is 18.8 Å². The van der Waals surface area contributed by atoms with Crippen molar-refractivity contribution in [3.8, 4) is 0 Å². The first-order chi connectivity index (χ1) is 8.91. The van der Waals surface area contributed by atoms with Crippen molar-refractivity contribution in [3.05, 3.63) is 29.8 Å². The number of aliphatic carboxylic acids is 2. The van der Waals surface area contributed by atoms with Crippen molar-refractivity contribution in [1.29, 1.82) is 0 Å². The van der Waals surface area contributed by atoms with Gasteiger partial charge in [0.05, 0.1) is 11.8 Å². The Bertz CT molecular complexity index is 506. The van der Waals surface area contributed by atoms with Crippen LogP contribution in [0.4, 0.5) is 4.39 Å². The minimum Gasteiger partial charge on any atom is -0.481 e. The minimum absolute atomic E-state index is 0.289. The van der Waals surface area contributed by atoms with Crippen molar-refractivity contribution in [3.63, 3.8) is 0 Å². The average Bonchev–Trinajstić information content (AvgIpc) is 2.34. The van der Waals surface area contributed by atoms with Gasteiger partial charge in [-0.1, -0.05) is 0 Å². The molecule has 102 valence electrons. The van der Waals surface area contributed by atoms with Gasteiger partial charge >= 0.3 is 11.9 Å². The van der Waals surface area contributed by atoms with Crippen molar-refractivity contribution < 1.29 is 29.0 Å². The number of aromatic nitrogens is 1. The van der Waals surface area contributed by atoms with E-state index >= 15 is 0 Å². The van der Waals surface area contributed by atoms with Gasteiger partial charge in [-0.15, -0.1) is 0 Å². The van der Waals surface area contributed by atoms with Crippen LogP contribution in [0.5, 0.6) is 0 Å². The maximum Gasteiger partial charge on any atom is 0.326 e. The zero-order valence-corrected chi connectivity index (χ0v) is 9.67. The first-order valence-corrected chi connectivity index (χ1v) is 5.26. The summed E-state index contributed by atoms with van der Waals surface area (Å²) in [4.78, 5) is 36.3. The van der Waals surface area contributed by atoms with E-state index in [1.807, 2.05) is 0 Å². The van der Waals surface area contributed by atoms with E-state index in [0.29, 0.717) is 0 Å². The van der Waals surface area contributed by atoms with Gasteiger partial charge in [-0.05, 0) is 12.5 Å². The molecule has 1 rings (SSSR count). The van der Waals surface area contributed by atoms with Crippen LogP contribution < -0.4 is 5.32 Å². The van der Waals surface area contributed by atoms with Crippen LogP contribution in [0.2, 0.25) is 0 Å². The summed E-state index contributed by atoms with van der Waals surface area (Å²) in [7, 11) is 0. The van der Waals surface area contributed by atoms with Crippen LogP contribution in [-0.2, 0) is 9.59 Å². The Labute approximate surface area is 107 Å². The number of hydrogen-bond donors (Lipinski definition) is 3. The first-order valence-electron chi connectivity index (χ1n) is 5.26. The number of halogens is 1. The number of nitrogens with one attached hydrogen (secondary N) is 1. The normalized spacial score (nSPS) is 11.6. The summed E-state index contributed by atoms with van der Waals surface area (Å²) in [6.45, 7) is 0. The molecule has 0 aliphatic rings. The highest BCUT2D eigenvalue weighted by molar-refractivity contribution is 5.96. The molecule has 0 saturated heterocycles. The Hall–Kier alpha value is -2.51. The maximum absolute atomic E-state index is 13.2. The topological polar surface area (TPSA) is 117 Å². The van der Waals surface area contributed by atoms with Crippen molar-refractivity contribution in [1.82, 2.24) is 10.3 Å². The first kappa shape index (κ1) is 14.6. The third kappa shape index (κ3) is 4.34. The number of carboxylic acids is 2. The second-order valence-corrected chi connectivity index (χ2v) is 3.65. The zero-order valence-electron chi connectivity index (χ0n) is 9.67. The Kier molecular flexibility index (Phi) is 4.92. The molecule has 1 amide bonds. The highest BCUT2D eigenvalue weighted by Crippen LogP contribution is 2.06. The van der Waals surface area contributed by atoms with Gasteiger partial charge in [0, 0.05) is 12.6 Å². The number of pyridine rings is 1. The molecule has 0 radical (unpaired) electrons. The van der Waals surface area contributed by atoms with E-state index in [0.717, 1.165) is 12.3 Å². The van der Waals surface area contributed by atoms with E-state index in [4.69, 9.17) is 10.2 Å². The molecule has 1 aromatic heterocycles. The lowest BCUT2D eigenvalue weighted by atomic mass is 10.1. The summed E-state index contributed by atoms with van der Waals surface area (Å²) in [5.74, 6) is -4.39. The van der Waals surface area contributed by atoms with Crippen molar-refractivity contribution >= 4 is 17.8 Å². The van der Waals surface area contributed by atoms with Gasteiger partial charge in [0.15, 0.2) is 5.82 Å². The number of nitrogens with zero attached hydrogens (tertiary/aromatic N) is 1. The number of carboxylic acid groups (broad SMARTS) is 2. The highest BCUT2D eigenvalue weighted by atomic mass is 19.1. The fourth-order valence-electron chi connectivity index (χ4n) is 1.32. The molecule has 0 fully saturated rings. The van der Waals surface area contributed by atoms with Gasteiger partial charge in [0.2, 0.25) is 0 Å². The summed E-state index contributed by atoms with van der Waals surface area (Å²) in [5, 5.41) is 19.4. The molecule has 0 aliphatic heterocycles. The van der Waals surface area contributed by atoms with E-state index < -0.39 is 36.1 Å². The van der Waals surface area contributed by atoms with Crippen LogP contribution in [0, 0.1) is 5.82 Å². The summed E-state index contributed by atoms with van der Waals surface area (Å²) < 4.78 is 13.2. The molecule has 19 heavy (non-hydrogen) atoms. The lowest BCUT2D eigenvalue weighted by Gasteiger charge is -2.13. The average molecular weight is 270 g/mol. The molecule has 1 atom stereocenters. The van der Waals surface area contributed by atoms with E-state index in [1.165, 1.54) is 6.20 Å². The molecule has 8 heteroatoms. The fourth-order valence-corrected chi connectivity index (χ4v) is 1.32. The van der Waals surface area contributed by atoms with Crippen LogP contribution in [0.3, 0.4) is 0 Å². The molecule has 1 aromatic rings. The molecular weight excluding hydrogens is 259 g/mol. The standard InChI is InChI=1S/C11H11FN2O5/c12-7-5-13-4-3-6(7)10(17)14-8(11(18)19)1-2-9(15)16/h3-5,8H,1-2H2,(H,14,17)(H,15,16)(H,18,19). The molecule has 7 nitrogen and oxygen atoms in total. The predicted octanol–water partition coefficient (Wildman–Crippen LogP) is 0.268. The molecular formula is C11H11FN2O5. The molecule has 0 aliphatic carbocycles. The van der Waals surface area contributed by atoms with Gasteiger partial charge in [0.25, 0.3) is 5.91 Å². The second-order valence-electron chi connectivity index (χ2n) is 3.65. The molecule has 0 spiro atoms. The molecule has 1 unspecified atom stereocenters. The molecule has 0 saturated carbocycles. The Balaban J connectivity index is 2.74. The fraction of sp³-hybridized carbons (Fsp3) is 0.273. The number of carbonyl (C=O) groups is 3. The maximum atomic E-state index is 13.2. The van der Waals surface area contributed by atoms with Gasteiger partial charge < -0.3 is 15.5 Å². The summed E-state index contributed by atoms with van der Waals surface area (Å²) >= 11 is 0. The number of hydrogen-bond acceptors (Lipinski definition) is 4. The largest absolute Gasteiger partial charge is 0.481 e. The molecule has 0 bridgehead atoms. The third-order valence-corrected chi connectivity index (χ3v) is 2.27. The molecule has 3 N–H and O–H groups in total. The quantitative estimate of drug-likeness (QED) is 0.683. The Morgan fingerprint density at radius 2 is 2.05 bits per heavy atom. The smallest absolute Gasteiger partial charge is 0.326 e. The van der Waals surface area contributed by atoms with Gasteiger partial charge in [0.1, 0.15) is 6.04 Å². The summed E-state index contributed by atoms with van der Waals surface area (Å²) in [6, 6.07) is -0.294. The van der Waals surface area contributed by atoms with E-state index in [-0.39, 0.29) is 12.0 Å². The van der Waals surface area contributed by atoms with Crippen molar-refractivity contribution in [2.45, 2.75) is 18.9 Å². The van der Waals surface area contributed by atoms with Gasteiger partial charge in [-0.3, -0.25) is 14.6 Å². The van der Waals surface area contributed by atoms with Crippen LogP contribution >= 0.6 is 0 Å². The molecule has 0 aromatic carbocycles. The van der Waals surface area contributed by atoms with Crippen LogP contribution in [-0.4, -0.2) is 39.1 Å². The monoisotopic (exact) mass is 270 g/mol. The van der Waals surface area contributed by atoms with Crippen LogP contribution in [0.15, 0.2) is 18.5 Å². The lowest BCUT2D eigenvalue weighted by molar-refractivity contribution is -0.140. The zero-order chi connectivity index (χ0) is 14.4. The van der Waals surface area contributed by atoms with E-state index in [2.05, 4.69) is 10.3 Å². The lowest BCUT2D eigenvalue weighted by Crippen LogP contribution is -2.41. The summed E-state index contributed by atoms with van der Waals surface area (Å²) in [5.41, 5.74) is -0.350. The van der Waals surface area contributed by atoms with Crippen molar-refractivity contribution in [2.75, 3.05) is 0 Å². The van der Waals surface area contributed by atoms with Crippen LogP contribution in [0.25, 0.3) is 0 Å². The molecule has 1 heterocycles. The third-order valence-electron chi connectivity index (χ3n) is 2.27. The Morgan fingerprint density at radius 3 is 2.58 bits per heavy atom. The van der Waals surface area contributed by atoms with Crippen LogP contribution in [0.1, 0.15) is 23.2 Å². The number of amides is 1. The van der Waals surface area contributed by atoms with E-state index in [1.54, 1.807) is 0 Å². The predicted molar refractivity (Wildman–Crippen MR) is 60.0 cm³/mol. The van der Waals surface area contributed by atoms with Crippen molar-refractivity contribution in [2.24, 2.45) is 0 Å². The number of carbonyl (C=O) groups excluding carboxylic acids is 1. The summed E-state index contributed by atoms with van der Waals surface area (Å²) in [6.07, 6.45) is 1.30. The van der Waals surface area contributed by atoms with Gasteiger partial charge in [-0.2, -0.15) is 0 Å². The highest BCUT2D eigenvalue weighted by Gasteiger charge is 2.22. The Morgan fingerprint density at radius 1 is 1.37 bits per heavy atom. The second kappa shape index (κ2) is 6.43. The van der Waals surface area contributed by atoms with Gasteiger partial charge in [-0.25, -0.2) is 9.18 Å². The SMILES string of the molecule is O=C(O)CCC(NC(=O)c1ccncc1F)C(=O)O. The minimum atomic E-state index is -1.39.